The van der Waals surface area contributed by atoms with Crippen molar-refractivity contribution >= 4 is 70.9 Å². The Morgan fingerprint density at radius 2 is 0.691 bits per heavy atom. The molecule has 0 radical (unpaired) electrons. The summed E-state index contributed by atoms with van der Waals surface area (Å²) in [5, 5.41) is 0. The number of amides is 8. The molecule has 81 heavy (non-hydrogen) atoms. The number of anilines is 2. The van der Waals surface area contributed by atoms with Crippen molar-refractivity contribution in [1.82, 2.24) is 19.6 Å². The van der Waals surface area contributed by atoms with Gasteiger partial charge in [0, 0.05) is 82.1 Å². The van der Waals surface area contributed by atoms with Gasteiger partial charge in [0.2, 0.25) is 0 Å². The van der Waals surface area contributed by atoms with Gasteiger partial charge in [-0.1, -0.05) is 90.4 Å². The molecule has 2 saturated heterocycles. The van der Waals surface area contributed by atoms with Crippen LogP contribution in [-0.4, -0.2) is 145 Å². The van der Waals surface area contributed by atoms with E-state index in [2.05, 4.69) is 26.3 Å². The molecule has 4 heterocycles. The predicted octanol–water partition coefficient (Wildman–Crippen LogP) is 7.43. The number of carbonyl (C=O) groups is 10. The maximum absolute atomic E-state index is 14.6. The highest BCUT2D eigenvalue weighted by molar-refractivity contribution is 6.29. The first kappa shape index (κ1) is 61.3. The summed E-state index contributed by atoms with van der Waals surface area (Å²) >= 11 is 0. The summed E-state index contributed by atoms with van der Waals surface area (Å²) in [6.07, 6.45) is 6.47. The number of esters is 4. The average molecular weight is 1110 g/mol. The van der Waals surface area contributed by atoms with Crippen LogP contribution in [0.15, 0.2) is 144 Å². The highest BCUT2D eigenvalue weighted by atomic mass is 16.5. The molecule has 2 aromatic rings. The number of para-hydroxylation sites is 2. The fourth-order valence-corrected chi connectivity index (χ4v) is 9.68. The number of carbonyl (C=O) groups excluding carboxylic acids is 10. The van der Waals surface area contributed by atoms with Gasteiger partial charge in [0.25, 0.3) is 23.6 Å². The largest absolute Gasteiger partial charge is 0.462 e. The second-order valence-electron chi connectivity index (χ2n) is 21.0. The SMILES string of the molecule is C=C(C)C(=O)OCCCN1/C(=C/C=C2/C(=O)N(CCCN3C(=O)/C(=C/C=C4/N(CCCOC(=O)C(=C)C)c5ccccc5C4(C)C)C(=O)N(CCOC(=O)C(=C)C)C3=O)C(=O)N(CCOC(=O)C(=C)C)C2=O)C(C)(C)c2ccccc21. The summed E-state index contributed by atoms with van der Waals surface area (Å²) in [4.78, 5) is 142. The van der Waals surface area contributed by atoms with E-state index in [1.165, 1.54) is 26.0 Å². The van der Waals surface area contributed by atoms with Gasteiger partial charge < -0.3 is 28.7 Å². The molecule has 0 N–H and O–H groups in total. The number of fused-ring (bicyclic) bond motifs is 2. The van der Waals surface area contributed by atoms with Gasteiger partial charge in [0.1, 0.15) is 24.4 Å². The van der Waals surface area contributed by atoms with Crippen LogP contribution in [0.4, 0.5) is 21.0 Å². The van der Waals surface area contributed by atoms with Crippen molar-refractivity contribution in [2.24, 2.45) is 0 Å². The number of rotatable bonds is 24. The lowest BCUT2D eigenvalue weighted by Crippen LogP contribution is -2.59. The van der Waals surface area contributed by atoms with E-state index in [4.69, 9.17) is 18.9 Å². The van der Waals surface area contributed by atoms with Crippen molar-refractivity contribution in [3.63, 3.8) is 0 Å². The van der Waals surface area contributed by atoms with Crippen LogP contribution in [0.1, 0.15) is 85.8 Å². The lowest BCUT2D eigenvalue weighted by Gasteiger charge is -2.36. The normalized spacial score (nSPS) is 18.5. The first-order valence-corrected chi connectivity index (χ1v) is 26.5. The highest BCUT2D eigenvalue weighted by Gasteiger charge is 2.46. The van der Waals surface area contributed by atoms with Crippen molar-refractivity contribution in [2.45, 2.75) is 85.5 Å². The lowest BCUT2D eigenvalue weighted by molar-refractivity contribution is -0.143. The molecule has 20 nitrogen and oxygen atoms in total. The Labute approximate surface area is 471 Å². The first-order chi connectivity index (χ1) is 38.2. The van der Waals surface area contributed by atoms with Crippen LogP contribution in [-0.2, 0) is 68.1 Å². The van der Waals surface area contributed by atoms with Gasteiger partial charge in [0.15, 0.2) is 0 Å². The summed E-state index contributed by atoms with van der Waals surface area (Å²) in [6, 6.07) is 13.2. The number of hydrogen-bond donors (Lipinski definition) is 0. The monoisotopic (exact) mass is 1110 g/mol. The molecule has 428 valence electrons. The van der Waals surface area contributed by atoms with E-state index >= 15 is 0 Å². The smallest absolute Gasteiger partial charge is 0.334 e. The van der Waals surface area contributed by atoms with E-state index in [9.17, 15) is 47.9 Å². The average Bonchev–Trinajstić information content (AvgIpc) is 3.98. The minimum atomic E-state index is -1.06. The Hall–Kier alpha value is -8.94. The molecule has 0 unspecified atom stereocenters. The van der Waals surface area contributed by atoms with E-state index in [1.807, 2.05) is 86.0 Å². The second kappa shape index (κ2) is 25.9. The Kier molecular flexibility index (Phi) is 19.6. The molecule has 8 amide bonds. The molecule has 0 atom stereocenters. The van der Waals surface area contributed by atoms with E-state index in [0.717, 1.165) is 42.1 Å². The summed E-state index contributed by atoms with van der Waals surface area (Å²) in [7, 11) is 0. The van der Waals surface area contributed by atoms with Crippen molar-refractivity contribution in [2.75, 3.05) is 75.5 Å². The second-order valence-corrected chi connectivity index (χ2v) is 21.0. The van der Waals surface area contributed by atoms with E-state index < -0.39 is 121 Å². The van der Waals surface area contributed by atoms with Crippen molar-refractivity contribution in [1.29, 1.82) is 0 Å². The number of urea groups is 2. The van der Waals surface area contributed by atoms with Crippen LogP contribution < -0.4 is 9.80 Å². The molecule has 6 rings (SSSR count). The molecule has 20 heteroatoms. The van der Waals surface area contributed by atoms with Gasteiger partial charge >= 0.3 is 35.9 Å². The van der Waals surface area contributed by atoms with Crippen LogP contribution in [0.2, 0.25) is 0 Å². The Bertz CT molecular complexity index is 2930. The van der Waals surface area contributed by atoms with Gasteiger partial charge in [-0.05, 0) is 94.5 Å². The van der Waals surface area contributed by atoms with Crippen molar-refractivity contribution < 1.29 is 66.9 Å². The quantitative estimate of drug-likeness (QED) is 0.0327. The zero-order valence-corrected chi connectivity index (χ0v) is 47.3. The fourth-order valence-electron chi connectivity index (χ4n) is 9.68. The third kappa shape index (κ3) is 13.4. The first-order valence-electron chi connectivity index (χ1n) is 26.5. The molecule has 0 aliphatic carbocycles. The van der Waals surface area contributed by atoms with Crippen molar-refractivity contribution in [3.8, 4) is 0 Å². The number of allylic oxidation sites excluding steroid dienone is 6. The summed E-state index contributed by atoms with van der Waals surface area (Å²) in [5.74, 6) is -6.50. The van der Waals surface area contributed by atoms with Gasteiger partial charge in [-0.15, -0.1) is 0 Å². The number of nitrogens with zero attached hydrogens (tertiary/aromatic N) is 6. The zero-order valence-electron chi connectivity index (χ0n) is 47.3. The van der Waals surface area contributed by atoms with E-state index in [0.29, 0.717) is 37.3 Å². The number of benzene rings is 2. The maximum atomic E-state index is 14.6. The maximum Gasteiger partial charge on any atom is 0.334 e. The van der Waals surface area contributed by atoms with Gasteiger partial charge in [0.05, 0.1) is 26.3 Å². The van der Waals surface area contributed by atoms with Gasteiger partial charge in [-0.3, -0.25) is 38.8 Å². The molecule has 0 bridgehead atoms. The van der Waals surface area contributed by atoms with Gasteiger partial charge in [-0.25, -0.2) is 28.8 Å². The Morgan fingerprint density at radius 1 is 0.407 bits per heavy atom. The molecule has 0 saturated carbocycles. The number of barbiturate groups is 2. The van der Waals surface area contributed by atoms with Crippen LogP contribution in [0.25, 0.3) is 0 Å². The summed E-state index contributed by atoms with van der Waals surface area (Å²) in [5.41, 5.74) is 3.44. The summed E-state index contributed by atoms with van der Waals surface area (Å²) < 4.78 is 21.2. The number of ether oxygens (including phenoxy) is 4. The lowest BCUT2D eigenvalue weighted by atomic mass is 9.83. The van der Waals surface area contributed by atoms with Crippen LogP contribution in [0, 0.1) is 0 Å². The van der Waals surface area contributed by atoms with E-state index in [-0.39, 0.29) is 41.9 Å². The molecule has 2 aromatic carbocycles. The van der Waals surface area contributed by atoms with Crippen molar-refractivity contribution in [3.05, 3.63) is 155 Å². The molecule has 2 fully saturated rings. The molecule has 0 aromatic heterocycles. The molecular formula is C61H70N6O14. The Morgan fingerprint density at radius 3 is 1.01 bits per heavy atom. The minimum Gasteiger partial charge on any atom is -0.462 e. The predicted molar refractivity (Wildman–Crippen MR) is 301 cm³/mol. The van der Waals surface area contributed by atoms with Crippen LogP contribution in [0.3, 0.4) is 0 Å². The highest BCUT2D eigenvalue weighted by Crippen LogP contribution is 2.49. The molecule has 0 spiro atoms. The third-order valence-corrected chi connectivity index (χ3v) is 14.0. The fraction of sp³-hybridized carbons (Fsp3) is 0.377. The van der Waals surface area contributed by atoms with Gasteiger partial charge in [-0.2, -0.15) is 0 Å². The number of hydrogen-bond acceptors (Lipinski definition) is 16. The summed E-state index contributed by atoms with van der Waals surface area (Å²) in [6.45, 7) is 26.5. The van der Waals surface area contributed by atoms with E-state index in [1.54, 1.807) is 26.0 Å². The Balaban J connectivity index is 1.32. The third-order valence-electron chi connectivity index (χ3n) is 14.0. The standard InChI is InChI=1S/C61H70N6O14/c1-38(2)54(72)78-34-18-30-62-46-22-15-13-20-44(46)60(9,10)48(62)26-24-42-50(68)64(58(76)66(52(42)70)32-36-80-56(74)40(5)6)28-17-29-65-51(69)43(53(71)67(59(65)77)33-37-81-57(75)41(7)8)25-27-49-61(11,12)45-21-14-16-23-47(45)63(49)31-19-35-79-55(73)39(3)4/h13-16,20-27H,1,3,5,7,17-19,28-37H2,2,4,6,8-12H3/b42-24-,43-25-,48-26+,49-27+. The minimum absolute atomic E-state index is 0.0734. The van der Waals surface area contributed by atoms with Crippen LogP contribution >= 0.6 is 0 Å². The number of imide groups is 4. The molecular weight excluding hydrogens is 1040 g/mol. The topological polar surface area (TPSA) is 227 Å². The molecule has 4 aliphatic heterocycles. The zero-order chi connectivity index (χ0) is 59.7. The molecule has 4 aliphatic rings. The van der Waals surface area contributed by atoms with Crippen LogP contribution in [0.5, 0.6) is 0 Å².